The minimum absolute atomic E-state index is 0.696. The topological polar surface area (TPSA) is 28.2 Å². The third kappa shape index (κ3) is 3.29. The second-order valence-corrected chi connectivity index (χ2v) is 4.85. The Kier molecular flexibility index (Phi) is 3.91. The lowest BCUT2D eigenvalue weighted by molar-refractivity contribution is 0.255. The van der Waals surface area contributed by atoms with Crippen LogP contribution >= 0.6 is 0 Å². The Morgan fingerprint density at radius 1 is 1.38 bits per heavy atom. The van der Waals surface area contributed by atoms with Gasteiger partial charge in [-0.05, 0) is 50.6 Å². The molecule has 1 saturated carbocycles. The quantitative estimate of drug-likeness (QED) is 0.786. The van der Waals surface area contributed by atoms with E-state index in [1.165, 1.54) is 18.4 Å². The van der Waals surface area contributed by atoms with Crippen molar-refractivity contribution in [2.24, 2.45) is 5.92 Å². The predicted molar refractivity (Wildman–Crippen MR) is 66.1 cm³/mol. The summed E-state index contributed by atoms with van der Waals surface area (Å²) in [5.74, 6) is 0.917. The second-order valence-electron chi connectivity index (χ2n) is 4.85. The highest BCUT2D eigenvalue weighted by Crippen LogP contribution is 2.34. The number of nitrogens with one attached hydrogen (secondary N) is 1. The van der Waals surface area contributed by atoms with Crippen molar-refractivity contribution in [3.8, 4) is 0 Å². The first-order valence-electron chi connectivity index (χ1n) is 6.03. The molecule has 0 aromatic carbocycles. The van der Waals surface area contributed by atoms with Crippen molar-refractivity contribution in [3.63, 3.8) is 0 Å². The van der Waals surface area contributed by atoms with Gasteiger partial charge in [0.2, 0.25) is 0 Å². The Morgan fingerprint density at radius 3 is 2.62 bits per heavy atom. The van der Waals surface area contributed by atoms with Crippen LogP contribution in [0.3, 0.4) is 0 Å². The Hall–Kier alpha value is -0.930. The molecule has 0 radical (unpaired) electrons. The van der Waals surface area contributed by atoms with Gasteiger partial charge < -0.3 is 10.2 Å². The summed E-state index contributed by atoms with van der Waals surface area (Å²) in [5, 5.41) is 3.54. The molecule has 1 fully saturated rings. The van der Waals surface area contributed by atoms with Crippen molar-refractivity contribution in [3.05, 3.63) is 30.1 Å². The van der Waals surface area contributed by atoms with Crippen molar-refractivity contribution >= 4 is 0 Å². The molecule has 2 rings (SSSR count). The molecule has 16 heavy (non-hydrogen) atoms. The normalized spacial score (nSPS) is 17.7. The van der Waals surface area contributed by atoms with Crippen molar-refractivity contribution < 1.29 is 0 Å². The number of hydrogen-bond acceptors (Lipinski definition) is 3. The molecule has 1 aromatic heterocycles. The van der Waals surface area contributed by atoms with E-state index in [1.807, 2.05) is 12.4 Å². The van der Waals surface area contributed by atoms with Crippen molar-refractivity contribution in [2.75, 3.05) is 20.6 Å². The molecular formula is C13H21N3. The fourth-order valence-electron chi connectivity index (χ4n) is 2.12. The Labute approximate surface area is 97.9 Å². The predicted octanol–water partition coefficient (Wildman–Crippen LogP) is 1.51. The van der Waals surface area contributed by atoms with Crippen LogP contribution in [0, 0.1) is 5.92 Å². The third-order valence-corrected chi connectivity index (χ3v) is 3.26. The third-order valence-electron chi connectivity index (χ3n) is 3.26. The first-order valence-corrected chi connectivity index (χ1v) is 6.03. The largest absolute Gasteiger partial charge is 0.311 e. The smallest absolute Gasteiger partial charge is 0.0271 e. The van der Waals surface area contributed by atoms with E-state index in [2.05, 4.69) is 41.4 Å². The number of pyridine rings is 1. The maximum absolute atomic E-state index is 4.02. The van der Waals surface area contributed by atoms with Gasteiger partial charge >= 0.3 is 0 Å². The van der Waals surface area contributed by atoms with E-state index in [-0.39, 0.29) is 0 Å². The molecule has 1 unspecified atom stereocenters. The minimum Gasteiger partial charge on any atom is -0.311 e. The van der Waals surface area contributed by atoms with Crippen LogP contribution < -0.4 is 5.32 Å². The zero-order valence-electron chi connectivity index (χ0n) is 10.2. The molecule has 0 amide bonds. The standard InChI is InChI=1S/C13H21N3/c1-16(2)13(12-3-4-12)10-15-9-11-5-7-14-8-6-11/h5-8,12-13,15H,3-4,9-10H2,1-2H3. The zero-order valence-corrected chi connectivity index (χ0v) is 10.2. The highest BCUT2D eigenvalue weighted by molar-refractivity contribution is 5.09. The van der Waals surface area contributed by atoms with Crippen LogP contribution in [0.15, 0.2) is 24.5 Å². The molecule has 1 atom stereocenters. The molecule has 88 valence electrons. The number of hydrogen-bond donors (Lipinski definition) is 1. The molecule has 1 aliphatic carbocycles. The van der Waals surface area contributed by atoms with Crippen molar-refractivity contribution in [1.82, 2.24) is 15.2 Å². The summed E-state index contributed by atoms with van der Waals surface area (Å²) < 4.78 is 0. The molecule has 3 nitrogen and oxygen atoms in total. The van der Waals surface area contributed by atoms with Gasteiger partial charge in [0, 0.05) is 31.5 Å². The van der Waals surface area contributed by atoms with Crippen LogP contribution in [-0.2, 0) is 6.54 Å². The van der Waals surface area contributed by atoms with E-state index in [0.29, 0.717) is 6.04 Å². The van der Waals surface area contributed by atoms with Crippen LogP contribution in [-0.4, -0.2) is 36.6 Å². The van der Waals surface area contributed by atoms with Crippen molar-refractivity contribution in [2.45, 2.75) is 25.4 Å². The van der Waals surface area contributed by atoms with Crippen LogP contribution in [0.1, 0.15) is 18.4 Å². The van der Waals surface area contributed by atoms with Gasteiger partial charge in [-0.15, -0.1) is 0 Å². The van der Waals surface area contributed by atoms with Crippen LogP contribution in [0.5, 0.6) is 0 Å². The van der Waals surface area contributed by atoms with Gasteiger partial charge in [-0.2, -0.15) is 0 Å². The Balaban J connectivity index is 1.74. The number of nitrogens with zero attached hydrogens (tertiary/aromatic N) is 2. The fourth-order valence-corrected chi connectivity index (χ4v) is 2.12. The van der Waals surface area contributed by atoms with Crippen LogP contribution in [0.2, 0.25) is 0 Å². The van der Waals surface area contributed by atoms with Gasteiger partial charge in [0.05, 0.1) is 0 Å². The SMILES string of the molecule is CN(C)C(CNCc1ccncc1)C1CC1. The molecule has 1 aliphatic rings. The minimum atomic E-state index is 0.696. The summed E-state index contributed by atoms with van der Waals surface area (Å²) in [6.07, 6.45) is 6.50. The van der Waals surface area contributed by atoms with E-state index < -0.39 is 0 Å². The molecule has 1 aromatic rings. The van der Waals surface area contributed by atoms with E-state index in [4.69, 9.17) is 0 Å². The summed E-state index contributed by atoms with van der Waals surface area (Å²) in [6.45, 7) is 2.03. The Morgan fingerprint density at radius 2 is 2.06 bits per heavy atom. The number of aromatic nitrogens is 1. The lowest BCUT2D eigenvalue weighted by Gasteiger charge is -2.24. The van der Waals surface area contributed by atoms with E-state index in [1.54, 1.807) is 0 Å². The molecule has 0 aliphatic heterocycles. The second kappa shape index (κ2) is 5.41. The molecule has 3 heteroatoms. The number of likely N-dealkylation sites (N-methyl/N-ethyl adjacent to an activating group) is 1. The molecular weight excluding hydrogens is 198 g/mol. The first-order chi connectivity index (χ1) is 7.77. The maximum Gasteiger partial charge on any atom is 0.0271 e. The number of rotatable bonds is 6. The van der Waals surface area contributed by atoms with Gasteiger partial charge in [0.1, 0.15) is 0 Å². The molecule has 1 N–H and O–H groups in total. The maximum atomic E-state index is 4.02. The van der Waals surface area contributed by atoms with Crippen LogP contribution in [0.25, 0.3) is 0 Å². The summed E-state index contributed by atoms with van der Waals surface area (Å²) in [4.78, 5) is 6.36. The first kappa shape index (κ1) is 11.6. The summed E-state index contributed by atoms with van der Waals surface area (Å²) in [5.41, 5.74) is 1.31. The zero-order chi connectivity index (χ0) is 11.4. The van der Waals surface area contributed by atoms with Crippen LogP contribution in [0.4, 0.5) is 0 Å². The molecule has 0 bridgehead atoms. The van der Waals surface area contributed by atoms with Crippen molar-refractivity contribution in [1.29, 1.82) is 0 Å². The average Bonchev–Trinajstić information content (AvgIpc) is 3.09. The van der Waals surface area contributed by atoms with Gasteiger partial charge in [0.25, 0.3) is 0 Å². The molecule has 0 saturated heterocycles. The van der Waals surface area contributed by atoms with Gasteiger partial charge in [-0.1, -0.05) is 0 Å². The van der Waals surface area contributed by atoms with Gasteiger partial charge in [0.15, 0.2) is 0 Å². The molecule has 1 heterocycles. The van der Waals surface area contributed by atoms with E-state index in [9.17, 15) is 0 Å². The lowest BCUT2D eigenvalue weighted by Crippen LogP contribution is -2.39. The van der Waals surface area contributed by atoms with E-state index in [0.717, 1.165) is 19.0 Å². The van der Waals surface area contributed by atoms with Gasteiger partial charge in [-0.3, -0.25) is 4.98 Å². The summed E-state index contributed by atoms with van der Waals surface area (Å²) >= 11 is 0. The average molecular weight is 219 g/mol. The Bertz CT molecular complexity index is 304. The van der Waals surface area contributed by atoms with Gasteiger partial charge in [-0.25, -0.2) is 0 Å². The highest BCUT2D eigenvalue weighted by Gasteiger charge is 2.31. The summed E-state index contributed by atoms with van der Waals surface area (Å²) in [6, 6.07) is 4.82. The monoisotopic (exact) mass is 219 g/mol. The lowest BCUT2D eigenvalue weighted by atomic mass is 10.1. The molecule has 0 spiro atoms. The highest BCUT2D eigenvalue weighted by atomic mass is 15.1. The van der Waals surface area contributed by atoms with E-state index >= 15 is 0 Å². The fraction of sp³-hybridized carbons (Fsp3) is 0.615. The summed E-state index contributed by atoms with van der Waals surface area (Å²) in [7, 11) is 4.36.